The van der Waals surface area contributed by atoms with Crippen molar-refractivity contribution in [2.75, 3.05) is 13.2 Å². The molecule has 25 heavy (non-hydrogen) atoms. The van der Waals surface area contributed by atoms with E-state index in [1.54, 1.807) is 0 Å². The van der Waals surface area contributed by atoms with E-state index < -0.39 is 11.2 Å². The van der Waals surface area contributed by atoms with Crippen molar-refractivity contribution >= 4 is 0 Å². The van der Waals surface area contributed by atoms with Gasteiger partial charge in [-0.2, -0.15) is 0 Å². The molecule has 0 saturated carbocycles. The molecule has 126 valence electrons. The minimum atomic E-state index is -0.675. The van der Waals surface area contributed by atoms with E-state index in [9.17, 15) is 0 Å². The highest BCUT2D eigenvalue weighted by molar-refractivity contribution is 5.47. The highest BCUT2D eigenvalue weighted by Gasteiger charge is 2.65. The highest BCUT2D eigenvalue weighted by atomic mass is 16.6. The van der Waals surface area contributed by atoms with E-state index in [0.29, 0.717) is 13.2 Å². The van der Waals surface area contributed by atoms with Crippen molar-refractivity contribution in [3.05, 3.63) is 108 Å². The van der Waals surface area contributed by atoms with E-state index in [-0.39, 0.29) is 0 Å². The summed E-state index contributed by atoms with van der Waals surface area (Å²) in [6.45, 7) is 3.28. The maximum atomic E-state index is 6.56. The first kappa shape index (κ1) is 16.1. The average Bonchev–Trinajstić information content (AvgIpc) is 3.50. The van der Waals surface area contributed by atoms with E-state index in [4.69, 9.17) is 9.47 Å². The van der Waals surface area contributed by atoms with Crippen LogP contribution >= 0.6 is 0 Å². The van der Waals surface area contributed by atoms with Gasteiger partial charge in [-0.05, 0) is 23.6 Å². The van der Waals surface area contributed by atoms with E-state index >= 15 is 0 Å². The molecule has 1 aliphatic rings. The zero-order valence-electron chi connectivity index (χ0n) is 14.4. The third kappa shape index (κ3) is 2.50. The fourth-order valence-corrected chi connectivity index (χ4v) is 3.83. The minimum Gasteiger partial charge on any atom is -0.362 e. The Hall–Kier alpha value is -2.42. The second-order valence-electron chi connectivity index (χ2n) is 6.33. The van der Waals surface area contributed by atoms with Gasteiger partial charge in [0.05, 0.1) is 6.61 Å². The second-order valence-corrected chi connectivity index (χ2v) is 6.33. The van der Waals surface area contributed by atoms with Crippen LogP contribution in [0.15, 0.2) is 91.0 Å². The summed E-state index contributed by atoms with van der Waals surface area (Å²) in [4.78, 5) is 0. The second kappa shape index (κ2) is 6.47. The van der Waals surface area contributed by atoms with E-state index in [2.05, 4.69) is 72.8 Å². The molecule has 4 rings (SSSR count). The molecule has 3 aromatic carbocycles. The number of benzene rings is 3. The predicted octanol–water partition coefficient (Wildman–Crippen LogP) is 4.89. The molecule has 2 heteroatoms. The molecule has 0 radical (unpaired) electrons. The van der Waals surface area contributed by atoms with Gasteiger partial charge in [-0.1, -0.05) is 91.0 Å². The van der Waals surface area contributed by atoms with Crippen molar-refractivity contribution in [2.45, 2.75) is 18.1 Å². The molecule has 1 fully saturated rings. The molecule has 0 amide bonds. The Morgan fingerprint density at radius 1 is 0.800 bits per heavy atom. The van der Waals surface area contributed by atoms with Gasteiger partial charge in [0.2, 0.25) is 0 Å². The lowest BCUT2D eigenvalue weighted by Gasteiger charge is -2.40. The molecule has 0 bridgehead atoms. The van der Waals surface area contributed by atoms with Gasteiger partial charge in [-0.25, -0.2) is 0 Å². The van der Waals surface area contributed by atoms with E-state index in [0.717, 1.165) is 16.7 Å². The van der Waals surface area contributed by atoms with Gasteiger partial charge < -0.3 is 9.47 Å². The number of hydrogen-bond donors (Lipinski definition) is 0. The lowest BCUT2D eigenvalue weighted by atomic mass is 9.72. The van der Waals surface area contributed by atoms with Crippen molar-refractivity contribution < 1.29 is 9.47 Å². The molecule has 0 spiro atoms. The molecule has 0 aromatic heterocycles. The lowest BCUT2D eigenvalue weighted by Crippen LogP contribution is -2.44. The van der Waals surface area contributed by atoms with Gasteiger partial charge in [0.25, 0.3) is 0 Å². The van der Waals surface area contributed by atoms with Gasteiger partial charge in [-0.15, -0.1) is 0 Å². The first-order valence-electron chi connectivity index (χ1n) is 8.78. The third-order valence-electron chi connectivity index (χ3n) is 4.96. The Labute approximate surface area is 149 Å². The highest BCUT2D eigenvalue weighted by Crippen LogP contribution is 2.58. The average molecular weight is 330 g/mol. The zero-order chi connectivity index (χ0) is 17.2. The minimum absolute atomic E-state index is 0.507. The maximum absolute atomic E-state index is 6.56. The van der Waals surface area contributed by atoms with Crippen molar-refractivity contribution in [3.8, 4) is 0 Å². The van der Waals surface area contributed by atoms with Crippen LogP contribution < -0.4 is 0 Å². The van der Waals surface area contributed by atoms with Crippen LogP contribution in [0, 0.1) is 0 Å². The summed E-state index contributed by atoms with van der Waals surface area (Å²) < 4.78 is 12.7. The van der Waals surface area contributed by atoms with Crippen LogP contribution in [0.1, 0.15) is 23.6 Å². The Kier molecular flexibility index (Phi) is 4.16. The maximum Gasteiger partial charge on any atom is 0.154 e. The molecule has 1 aliphatic heterocycles. The summed E-state index contributed by atoms with van der Waals surface area (Å²) in [6, 6.07) is 31.3. The Balaban J connectivity index is 1.99. The molecule has 2 nitrogen and oxygen atoms in total. The van der Waals surface area contributed by atoms with Gasteiger partial charge in [0.1, 0.15) is 0 Å². The van der Waals surface area contributed by atoms with E-state index in [1.165, 1.54) is 0 Å². The normalized spacial score (nSPS) is 19.6. The number of hydrogen-bond acceptors (Lipinski definition) is 2. The quantitative estimate of drug-likeness (QED) is 0.600. The standard InChI is InChI=1S/C23H22O2/c1-2-24-23(20-14-8-4-9-15-20,21-16-10-5-11-17-21)22(18-25-22)19-12-6-3-7-13-19/h3-17H,2,18H2,1H3. The first-order valence-corrected chi connectivity index (χ1v) is 8.78. The molecule has 1 saturated heterocycles. The number of epoxide rings is 1. The summed E-state index contributed by atoms with van der Waals surface area (Å²) in [5, 5.41) is 0. The molecule has 1 unspecified atom stereocenters. The van der Waals surface area contributed by atoms with Gasteiger partial charge >= 0.3 is 0 Å². The van der Waals surface area contributed by atoms with Gasteiger partial charge in [0, 0.05) is 6.61 Å². The van der Waals surface area contributed by atoms with Gasteiger partial charge in [0.15, 0.2) is 11.2 Å². The van der Waals surface area contributed by atoms with Crippen LogP contribution in [0.3, 0.4) is 0 Å². The Morgan fingerprint density at radius 3 is 1.64 bits per heavy atom. The van der Waals surface area contributed by atoms with Crippen molar-refractivity contribution in [1.29, 1.82) is 0 Å². The summed E-state index contributed by atoms with van der Waals surface area (Å²) in [7, 11) is 0. The van der Waals surface area contributed by atoms with Crippen molar-refractivity contribution in [1.82, 2.24) is 0 Å². The fraction of sp³-hybridized carbons (Fsp3) is 0.217. The summed E-state index contributed by atoms with van der Waals surface area (Å²) in [6.07, 6.45) is 0. The zero-order valence-corrected chi connectivity index (χ0v) is 14.4. The van der Waals surface area contributed by atoms with Crippen LogP contribution in [-0.2, 0) is 20.7 Å². The molecule has 0 N–H and O–H groups in total. The van der Waals surface area contributed by atoms with Crippen LogP contribution in [-0.4, -0.2) is 13.2 Å². The molecule has 1 atom stereocenters. The Bertz CT molecular complexity index is 769. The SMILES string of the molecule is CCOC(c1ccccc1)(c1ccccc1)C1(c2ccccc2)CO1. The summed E-state index contributed by atoms with van der Waals surface area (Å²) >= 11 is 0. The van der Waals surface area contributed by atoms with Crippen LogP contribution in [0.5, 0.6) is 0 Å². The topological polar surface area (TPSA) is 21.8 Å². The molecule has 1 heterocycles. The summed E-state index contributed by atoms with van der Waals surface area (Å²) in [5.41, 5.74) is 2.20. The molecule has 3 aromatic rings. The number of rotatable bonds is 6. The predicted molar refractivity (Wildman–Crippen MR) is 99.4 cm³/mol. The van der Waals surface area contributed by atoms with E-state index in [1.807, 2.05) is 25.1 Å². The lowest BCUT2D eigenvalue weighted by molar-refractivity contribution is -0.0732. The van der Waals surface area contributed by atoms with Crippen molar-refractivity contribution in [3.63, 3.8) is 0 Å². The smallest absolute Gasteiger partial charge is 0.154 e. The fourth-order valence-electron chi connectivity index (χ4n) is 3.83. The molecular formula is C23H22O2. The van der Waals surface area contributed by atoms with Crippen molar-refractivity contribution in [2.24, 2.45) is 0 Å². The number of ether oxygens (including phenoxy) is 2. The monoisotopic (exact) mass is 330 g/mol. The molecular weight excluding hydrogens is 308 g/mol. The summed E-state index contributed by atoms with van der Waals surface area (Å²) in [5.74, 6) is 0. The molecule has 0 aliphatic carbocycles. The largest absolute Gasteiger partial charge is 0.362 e. The third-order valence-corrected chi connectivity index (χ3v) is 4.96. The first-order chi connectivity index (χ1) is 12.3. The van der Waals surface area contributed by atoms with Crippen LogP contribution in [0.4, 0.5) is 0 Å². The van der Waals surface area contributed by atoms with Crippen LogP contribution in [0.25, 0.3) is 0 Å². The van der Waals surface area contributed by atoms with Gasteiger partial charge in [-0.3, -0.25) is 0 Å². The van der Waals surface area contributed by atoms with Crippen LogP contribution in [0.2, 0.25) is 0 Å². The Morgan fingerprint density at radius 2 is 1.24 bits per heavy atom.